The van der Waals surface area contributed by atoms with Gasteiger partial charge in [0.1, 0.15) is 0 Å². The van der Waals surface area contributed by atoms with Gasteiger partial charge in [0.05, 0.1) is 5.69 Å². The maximum Gasteiger partial charge on any atom is 0.252 e. The van der Waals surface area contributed by atoms with Gasteiger partial charge in [0, 0.05) is 34.0 Å². The molecule has 8 aromatic carbocycles. The lowest BCUT2D eigenvalue weighted by Crippen LogP contribution is -2.62. The largest absolute Gasteiger partial charge is 0.311 e. The molecule has 0 fully saturated rings. The van der Waals surface area contributed by atoms with Crippen molar-refractivity contribution in [2.24, 2.45) is 0 Å². The Balaban J connectivity index is 1.19. The Hall–Kier alpha value is -6.58. The van der Waals surface area contributed by atoms with Crippen molar-refractivity contribution in [2.45, 2.75) is 136 Å². The molecule has 2 aliphatic heterocycles. The minimum absolute atomic E-state index is 0.00504. The summed E-state index contributed by atoms with van der Waals surface area (Å²) in [4.78, 5) is 5.32. The fourth-order valence-electron chi connectivity index (χ4n) is 13.2. The van der Waals surface area contributed by atoms with E-state index < -0.39 is 0 Å². The third-order valence-corrected chi connectivity index (χ3v) is 17.8. The van der Waals surface area contributed by atoms with Crippen LogP contribution in [0.4, 0.5) is 34.1 Å². The Kier molecular flexibility index (Phi) is 10.5. The number of rotatable bonds is 5. The molecule has 3 heteroatoms. The van der Waals surface area contributed by atoms with Gasteiger partial charge in [0.2, 0.25) is 0 Å². The summed E-state index contributed by atoms with van der Waals surface area (Å²) in [5, 5.41) is 0. The SMILES string of the molecule is Cc1cc2c3c(c1)N(c1ccc(C(C)(C)C)cc1-c1ccc4c(c1)C(C)(C)CCC4(C)C)c1cc4c(cc1B3c1ccc(-c3ccccc3)cc1N2c1cccc(-c2ccccc2)c1)C(C)(C)CCC4(C)C. The van der Waals surface area contributed by atoms with Gasteiger partial charge in [-0.15, -0.1) is 0 Å². The topological polar surface area (TPSA) is 6.48 Å². The smallest absolute Gasteiger partial charge is 0.252 e. The van der Waals surface area contributed by atoms with Crippen LogP contribution in [-0.2, 0) is 27.1 Å². The van der Waals surface area contributed by atoms with Crippen LogP contribution in [0.25, 0.3) is 33.4 Å². The molecule has 2 heterocycles. The summed E-state index contributed by atoms with van der Waals surface area (Å²) in [5.74, 6) is 0. The molecule has 0 N–H and O–H groups in total. The molecule has 2 aliphatic carbocycles. The molecular weight excluding hydrogens is 868 g/mol. The Labute approximate surface area is 431 Å². The molecule has 0 spiro atoms. The summed E-state index contributed by atoms with van der Waals surface area (Å²) < 4.78 is 0. The standard InChI is InChI=1S/C69H71BN2/c1-44-36-62-64-63(37-44)72(59-31-28-50(65(2,3)4)41-52(59)49-26-29-53-54(39-49)67(7,8)33-32-66(53,5)6)61-43-56-55(68(9,10)34-35-69(56,11)12)42-58(61)70(64)57-30-27-48(46-22-17-14-18-23-46)40-60(57)71(62)51-25-19-24-47(38-51)45-20-15-13-16-21-45/h13-31,36-43H,32-35H2,1-12H3. The number of anilines is 6. The van der Waals surface area contributed by atoms with Crippen LogP contribution in [0.2, 0.25) is 0 Å². The van der Waals surface area contributed by atoms with Crippen LogP contribution in [-0.4, -0.2) is 6.71 Å². The maximum absolute atomic E-state index is 2.72. The number of nitrogens with zero attached hydrogens (tertiary/aromatic N) is 2. The molecule has 0 unspecified atom stereocenters. The highest BCUT2D eigenvalue weighted by Crippen LogP contribution is 2.54. The van der Waals surface area contributed by atoms with Crippen molar-refractivity contribution in [1.29, 1.82) is 0 Å². The molecule has 0 aromatic heterocycles. The average Bonchev–Trinajstić information content (AvgIpc) is 3.36. The van der Waals surface area contributed by atoms with Crippen molar-refractivity contribution >= 4 is 57.2 Å². The number of hydrogen-bond acceptors (Lipinski definition) is 2. The second-order valence-corrected chi connectivity index (χ2v) is 25.6. The van der Waals surface area contributed by atoms with Gasteiger partial charge in [-0.3, -0.25) is 0 Å². The molecular formula is C69H71BN2. The summed E-state index contributed by atoms with van der Waals surface area (Å²) in [6.07, 6.45) is 4.69. The van der Waals surface area contributed by atoms with Gasteiger partial charge in [0.25, 0.3) is 6.71 Å². The van der Waals surface area contributed by atoms with Gasteiger partial charge in [-0.25, -0.2) is 0 Å². The van der Waals surface area contributed by atoms with E-state index in [-0.39, 0.29) is 33.8 Å². The Morgan fingerprint density at radius 3 is 1.54 bits per heavy atom. The fourth-order valence-corrected chi connectivity index (χ4v) is 13.2. The van der Waals surface area contributed by atoms with E-state index in [1.807, 2.05) is 0 Å². The molecule has 0 atom stereocenters. The highest BCUT2D eigenvalue weighted by molar-refractivity contribution is 7.00. The fraction of sp³-hybridized carbons (Fsp3) is 0.304. The van der Waals surface area contributed by atoms with E-state index in [1.54, 1.807) is 0 Å². The minimum atomic E-state index is -0.0398. The van der Waals surface area contributed by atoms with Crippen LogP contribution < -0.4 is 26.2 Å². The first-order valence-electron chi connectivity index (χ1n) is 26.8. The predicted octanol–water partition coefficient (Wildman–Crippen LogP) is 17.1. The summed E-state index contributed by atoms with van der Waals surface area (Å²) in [7, 11) is 0. The van der Waals surface area contributed by atoms with Crippen LogP contribution in [0.5, 0.6) is 0 Å². The van der Waals surface area contributed by atoms with Gasteiger partial charge in [0.15, 0.2) is 0 Å². The third-order valence-electron chi connectivity index (χ3n) is 17.8. The molecule has 0 radical (unpaired) electrons. The molecule has 2 nitrogen and oxygen atoms in total. The van der Waals surface area contributed by atoms with Gasteiger partial charge >= 0.3 is 0 Å². The first-order valence-corrected chi connectivity index (χ1v) is 26.8. The number of aryl methyl sites for hydroxylation is 1. The van der Waals surface area contributed by atoms with Crippen LogP contribution >= 0.6 is 0 Å². The molecule has 8 aromatic rings. The lowest BCUT2D eigenvalue weighted by atomic mass is 9.33. The van der Waals surface area contributed by atoms with E-state index in [0.717, 1.165) is 18.5 Å². The Morgan fingerprint density at radius 1 is 0.389 bits per heavy atom. The van der Waals surface area contributed by atoms with Crippen molar-refractivity contribution in [3.05, 3.63) is 197 Å². The highest BCUT2D eigenvalue weighted by atomic mass is 15.2. The quantitative estimate of drug-likeness (QED) is 0.159. The zero-order valence-electron chi connectivity index (χ0n) is 44.9. The second kappa shape index (κ2) is 16.2. The third kappa shape index (κ3) is 7.43. The van der Waals surface area contributed by atoms with Crippen molar-refractivity contribution in [1.82, 2.24) is 0 Å². The number of benzene rings is 8. The van der Waals surface area contributed by atoms with Gasteiger partial charge in [-0.2, -0.15) is 0 Å². The molecule has 0 bridgehead atoms. The van der Waals surface area contributed by atoms with Gasteiger partial charge in [-0.05, 0) is 186 Å². The Bertz CT molecular complexity index is 3480. The van der Waals surface area contributed by atoms with E-state index in [4.69, 9.17) is 0 Å². The zero-order valence-corrected chi connectivity index (χ0v) is 44.9. The van der Waals surface area contributed by atoms with E-state index >= 15 is 0 Å². The molecule has 72 heavy (non-hydrogen) atoms. The summed E-state index contributed by atoms with van der Waals surface area (Å²) in [6.45, 7) is 29.2. The molecule has 12 rings (SSSR count). The number of hydrogen-bond donors (Lipinski definition) is 0. The highest BCUT2D eigenvalue weighted by Gasteiger charge is 2.47. The first kappa shape index (κ1) is 46.5. The van der Waals surface area contributed by atoms with Crippen LogP contribution in [0, 0.1) is 6.92 Å². The summed E-state index contributed by atoms with van der Waals surface area (Å²) in [5.41, 5.74) is 27.8. The lowest BCUT2D eigenvalue weighted by molar-refractivity contribution is 0.332. The monoisotopic (exact) mass is 939 g/mol. The molecule has 360 valence electrons. The van der Waals surface area contributed by atoms with E-state index in [0.29, 0.717) is 0 Å². The second-order valence-electron chi connectivity index (χ2n) is 25.6. The maximum atomic E-state index is 2.72. The summed E-state index contributed by atoms with van der Waals surface area (Å²) in [6, 6.07) is 63.6. The van der Waals surface area contributed by atoms with E-state index in [2.05, 4.69) is 257 Å². The average molecular weight is 939 g/mol. The van der Waals surface area contributed by atoms with Crippen molar-refractivity contribution in [2.75, 3.05) is 9.80 Å². The van der Waals surface area contributed by atoms with Gasteiger partial charge in [-0.1, -0.05) is 191 Å². The molecule has 4 aliphatic rings. The first-order chi connectivity index (χ1) is 34.2. The van der Waals surface area contributed by atoms with Crippen LogP contribution in [0.3, 0.4) is 0 Å². The van der Waals surface area contributed by atoms with E-state index in [1.165, 1.54) is 124 Å². The zero-order chi connectivity index (χ0) is 50.3. The normalized spacial score (nSPS) is 17.6. The Morgan fingerprint density at radius 2 is 0.917 bits per heavy atom. The lowest BCUT2D eigenvalue weighted by Gasteiger charge is -2.48. The van der Waals surface area contributed by atoms with Crippen molar-refractivity contribution in [3.8, 4) is 33.4 Å². The summed E-state index contributed by atoms with van der Waals surface area (Å²) >= 11 is 0. The molecule has 0 saturated heterocycles. The van der Waals surface area contributed by atoms with Crippen molar-refractivity contribution < 1.29 is 0 Å². The van der Waals surface area contributed by atoms with E-state index in [9.17, 15) is 0 Å². The predicted molar refractivity (Wildman–Crippen MR) is 311 cm³/mol. The van der Waals surface area contributed by atoms with Crippen molar-refractivity contribution in [3.63, 3.8) is 0 Å². The van der Waals surface area contributed by atoms with Crippen LogP contribution in [0.1, 0.15) is 135 Å². The van der Waals surface area contributed by atoms with Crippen LogP contribution in [0.15, 0.2) is 164 Å². The number of fused-ring (bicyclic) bond motifs is 6. The molecule has 0 amide bonds. The molecule has 0 saturated carbocycles. The van der Waals surface area contributed by atoms with Gasteiger partial charge < -0.3 is 9.80 Å². The minimum Gasteiger partial charge on any atom is -0.311 e.